The molecule has 1 aromatic heterocycles. The van der Waals surface area contributed by atoms with E-state index in [1.165, 1.54) is 12.8 Å². The summed E-state index contributed by atoms with van der Waals surface area (Å²) >= 11 is 1.62. The van der Waals surface area contributed by atoms with Gasteiger partial charge in [0.25, 0.3) is 0 Å². The smallest absolute Gasteiger partial charge is 0.315 e. The van der Waals surface area contributed by atoms with Gasteiger partial charge >= 0.3 is 6.03 Å². The molecule has 0 saturated carbocycles. The number of carbonyl (C=O) groups is 1. The Hall–Kier alpha value is -1.62. The maximum atomic E-state index is 11.8. The number of nitrogens with zero attached hydrogens (tertiary/aromatic N) is 1. The third-order valence-corrected chi connectivity index (χ3v) is 4.39. The predicted octanol–water partition coefficient (Wildman–Crippen LogP) is 4.06. The van der Waals surface area contributed by atoms with Gasteiger partial charge < -0.3 is 10.6 Å². The van der Waals surface area contributed by atoms with E-state index in [9.17, 15) is 4.79 Å². The molecule has 1 heterocycles. The van der Waals surface area contributed by atoms with E-state index in [0.29, 0.717) is 6.54 Å². The summed E-state index contributed by atoms with van der Waals surface area (Å²) in [5.41, 5.74) is 0.993. The number of fused-ring (bicyclic) bond motifs is 1. The molecule has 2 N–H and O–H groups in total. The molecule has 5 heteroatoms. The van der Waals surface area contributed by atoms with Crippen LogP contribution >= 0.6 is 11.3 Å². The van der Waals surface area contributed by atoms with Gasteiger partial charge in [0.15, 0.2) is 0 Å². The standard InChI is InChI=1S/C16H23N3OS/c1-3-4-5-8-12(2)18-16(20)17-11-15-19-13-9-6-7-10-14(13)21-15/h6-7,9-10,12H,3-5,8,11H2,1-2H3,(H2,17,18,20). The fourth-order valence-corrected chi connectivity index (χ4v) is 3.11. The molecule has 0 aliphatic carbocycles. The molecular formula is C16H23N3OS. The van der Waals surface area contributed by atoms with Crippen molar-refractivity contribution >= 4 is 27.6 Å². The topological polar surface area (TPSA) is 54.0 Å². The molecule has 1 atom stereocenters. The minimum atomic E-state index is -0.113. The molecule has 0 aliphatic rings. The van der Waals surface area contributed by atoms with Crippen LogP contribution in [0.5, 0.6) is 0 Å². The van der Waals surface area contributed by atoms with Crippen LogP contribution < -0.4 is 10.6 Å². The van der Waals surface area contributed by atoms with Crippen LogP contribution in [0.25, 0.3) is 10.2 Å². The lowest BCUT2D eigenvalue weighted by molar-refractivity contribution is 0.236. The molecule has 2 aromatic rings. The highest BCUT2D eigenvalue weighted by Crippen LogP contribution is 2.21. The van der Waals surface area contributed by atoms with Crippen LogP contribution in [-0.4, -0.2) is 17.1 Å². The Morgan fingerprint density at radius 1 is 1.33 bits per heavy atom. The van der Waals surface area contributed by atoms with E-state index >= 15 is 0 Å². The van der Waals surface area contributed by atoms with Crippen LogP contribution in [0.15, 0.2) is 24.3 Å². The molecule has 0 spiro atoms. The molecule has 1 unspecified atom stereocenters. The largest absolute Gasteiger partial charge is 0.336 e. The minimum Gasteiger partial charge on any atom is -0.336 e. The summed E-state index contributed by atoms with van der Waals surface area (Å²) in [5, 5.41) is 6.78. The number of benzene rings is 1. The Kier molecular flexibility index (Phi) is 5.99. The van der Waals surface area contributed by atoms with E-state index in [2.05, 4.69) is 22.5 Å². The number of amides is 2. The first-order chi connectivity index (χ1) is 10.2. The Morgan fingerprint density at radius 3 is 2.90 bits per heavy atom. The van der Waals surface area contributed by atoms with Crippen molar-refractivity contribution in [1.82, 2.24) is 15.6 Å². The Balaban J connectivity index is 1.75. The van der Waals surface area contributed by atoms with Gasteiger partial charge in [0.2, 0.25) is 0 Å². The molecule has 0 aliphatic heterocycles. The maximum absolute atomic E-state index is 11.8. The van der Waals surface area contributed by atoms with Crippen molar-refractivity contribution in [2.24, 2.45) is 0 Å². The van der Waals surface area contributed by atoms with Gasteiger partial charge in [-0.2, -0.15) is 0 Å². The summed E-state index contributed by atoms with van der Waals surface area (Å²) in [6.07, 6.45) is 4.62. The quantitative estimate of drug-likeness (QED) is 0.758. The zero-order valence-corrected chi connectivity index (χ0v) is 13.5. The second-order valence-electron chi connectivity index (χ2n) is 5.30. The molecule has 0 saturated heterocycles. The van der Waals surface area contributed by atoms with Crippen LogP contribution in [0, 0.1) is 0 Å². The molecule has 114 valence electrons. The molecule has 0 fully saturated rings. The summed E-state index contributed by atoms with van der Waals surface area (Å²) in [6, 6.07) is 8.12. The maximum Gasteiger partial charge on any atom is 0.315 e. The average molecular weight is 305 g/mol. The van der Waals surface area contributed by atoms with Crippen molar-refractivity contribution in [3.63, 3.8) is 0 Å². The first kappa shape index (κ1) is 15.8. The minimum absolute atomic E-state index is 0.113. The van der Waals surface area contributed by atoms with Crippen molar-refractivity contribution in [2.45, 2.75) is 52.1 Å². The lowest BCUT2D eigenvalue weighted by atomic mass is 10.1. The third-order valence-electron chi connectivity index (χ3n) is 3.36. The van der Waals surface area contributed by atoms with Crippen LogP contribution in [0.2, 0.25) is 0 Å². The molecule has 2 amide bonds. The molecule has 0 bridgehead atoms. The zero-order valence-electron chi connectivity index (χ0n) is 12.7. The van der Waals surface area contributed by atoms with Gasteiger partial charge in [0.1, 0.15) is 5.01 Å². The summed E-state index contributed by atoms with van der Waals surface area (Å²) in [6.45, 7) is 4.71. The van der Waals surface area contributed by atoms with E-state index in [-0.39, 0.29) is 12.1 Å². The van der Waals surface area contributed by atoms with Gasteiger partial charge in [-0.15, -0.1) is 11.3 Å². The van der Waals surface area contributed by atoms with E-state index < -0.39 is 0 Å². The van der Waals surface area contributed by atoms with Gasteiger partial charge in [-0.1, -0.05) is 38.3 Å². The third kappa shape index (κ3) is 5.01. The first-order valence-electron chi connectivity index (χ1n) is 7.58. The Bertz CT molecular complexity index is 549. The van der Waals surface area contributed by atoms with E-state index in [4.69, 9.17) is 0 Å². The molecule has 0 radical (unpaired) electrons. The van der Waals surface area contributed by atoms with Gasteiger partial charge in [0.05, 0.1) is 16.8 Å². The van der Waals surface area contributed by atoms with Crippen LogP contribution in [0.1, 0.15) is 44.5 Å². The highest BCUT2D eigenvalue weighted by atomic mass is 32.1. The van der Waals surface area contributed by atoms with Crippen molar-refractivity contribution in [2.75, 3.05) is 0 Å². The zero-order chi connectivity index (χ0) is 15.1. The van der Waals surface area contributed by atoms with Crippen LogP contribution in [0.4, 0.5) is 4.79 Å². The van der Waals surface area contributed by atoms with Gasteiger partial charge in [-0.25, -0.2) is 9.78 Å². The summed E-state index contributed by atoms with van der Waals surface area (Å²) in [7, 11) is 0. The summed E-state index contributed by atoms with van der Waals surface area (Å²) < 4.78 is 1.16. The lowest BCUT2D eigenvalue weighted by Gasteiger charge is -2.13. The monoisotopic (exact) mass is 305 g/mol. The van der Waals surface area contributed by atoms with Gasteiger partial charge in [-0.05, 0) is 25.5 Å². The van der Waals surface area contributed by atoms with Crippen molar-refractivity contribution in [1.29, 1.82) is 0 Å². The number of carbonyl (C=O) groups excluding carboxylic acids is 1. The highest BCUT2D eigenvalue weighted by molar-refractivity contribution is 7.18. The van der Waals surface area contributed by atoms with E-state index in [0.717, 1.165) is 28.1 Å². The van der Waals surface area contributed by atoms with Crippen LogP contribution in [-0.2, 0) is 6.54 Å². The van der Waals surface area contributed by atoms with Gasteiger partial charge in [0, 0.05) is 6.04 Å². The number of hydrogen-bond acceptors (Lipinski definition) is 3. The number of thiazole rings is 1. The second-order valence-corrected chi connectivity index (χ2v) is 6.41. The number of nitrogens with one attached hydrogen (secondary N) is 2. The van der Waals surface area contributed by atoms with E-state index in [1.54, 1.807) is 11.3 Å². The SMILES string of the molecule is CCCCCC(C)NC(=O)NCc1nc2ccccc2s1. The predicted molar refractivity (Wildman–Crippen MR) is 88.6 cm³/mol. The number of aromatic nitrogens is 1. The molecule has 1 aromatic carbocycles. The average Bonchev–Trinajstić information content (AvgIpc) is 2.88. The van der Waals surface area contributed by atoms with Crippen molar-refractivity contribution < 1.29 is 4.79 Å². The van der Waals surface area contributed by atoms with Gasteiger partial charge in [-0.3, -0.25) is 0 Å². The molecule has 21 heavy (non-hydrogen) atoms. The fraction of sp³-hybridized carbons (Fsp3) is 0.500. The number of unbranched alkanes of at least 4 members (excludes halogenated alkanes) is 2. The lowest BCUT2D eigenvalue weighted by Crippen LogP contribution is -2.40. The molecule has 4 nitrogen and oxygen atoms in total. The first-order valence-corrected chi connectivity index (χ1v) is 8.39. The number of rotatable bonds is 7. The van der Waals surface area contributed by atoms with Crippen molar-refractivity contribution in [3.8, 4) is 0 Å². The Morgan fingerprint density at radius 2 is 2.14 bits per heavy atom. The molecular weight excluding hydrogens is 282 g/mol. The Labute approximate surface area is 130 Å². The summed E-state index contributed by atoms with van der Waals surface area (Å²) in [4.78, 5) is 16.3. The normalized spacial score (nSPS) is 12.3. The van der Waals surface area contributed by atoms with Crippen molar-refractivity contribution in [3.05, 3.63) is 29.3 Å². The van der Waals surface area contributed by atoms with Crippen LogP contribution in [0.3, 0.4) is 0 Å². The fourth-order valence-electron chi connectivity index (χ4n) is 2.20. The number of hydrogen-bond donors (Lipinski definition) is 2. The number of para-hydroxylation sites is 1. The highest BCUT2D eigenvalue weighted by Gasteiger charge is 2.08. The molecule has 2 rings (SSSR count). The second kappa shape index (κ2) is 7.98. The summed E-state index contributed by atoms with van der Waals surface area (Å²) in [5.74, 6) is 0. The van der Waals surface area contributed by atoms with E-state index in [1.807, 2.05) is 31.2 Å². The number of urea groups is 1.